The summed E-state index contributed by atoms with van der Waals surface area (Å²) in [6.45, 7) is 4.34. The summed E-state index contributed by atoms with van der Waals surface area (Å²) in [5, 5.41) is 31.1. The van der Waals surface area contributed by atoms with Crippen LogP contribution in [0.2, 0.25) is 0 Å². The first kappa shape index (κ1) is 15.6. The minimum absolute atomic E-state index is 0.136. The molecule has 122 valence electrons. The van der Waals surface area contributed by atoms with Gasteiger partial charge in [-0.05, 0) is 48.6 Å². The Bertz CT molecular complexity index is 585. The van der Waals surface area contributed by atoms with Gasteiger partial charge in [0, 0.05) is 17.6 Å². The van der Waals surface area contributed by atoms with Crippen molar-refractivity contribution in [3.05, 3.63) is 23.3 Å². The normalized spacial score (nSPS) is 37.3. The van der Waals surface area contributed by atoms with Gasteiger partial charge in [-0.3, -0.25) is 0 Å². The number of rotatable bonds is 2. The van der Waals surface area contributed by atoms with E-state index in [1.165, 1.54) is 0 Å². The molecule has 0 unspecified atom stereocenters. The van der Waals surface area contributed by atoms with Crippen molar-refractivity contribution >= 4 is 0 Å². The highest BCUT2D eigenvalue weighted by Crippen LogP contribution is 2.58. The number of aliphatic hydroxyl groups excluding tert-OH is 2. The molecule has 0 bridgehead atoms. The fourth-order valence-corrected chi connectivity index (χ4v) is 4.93. The molecule has 0 aliphatic heterocycles. The number of aliphatic hydroxyl groups is 2. The molecule has 3 rings (SSSR count). The highest BCUT2D eigenvalue weighted by Gasteiger charge is 2.56. The first-order chi connectivity index (χ1) is 10.4. The van der Waals surface area contributed by atoms with Crippen molar-refractivity contribution in [2.75, 3.05) is 13.7 Å². The summed E-state index contributed by atoms with van der Waals surface area (Å²) < 4.78 is 5.22. The second-order valence-corrected chi connectivity index (χ2v) is 7.38. The second kappa shape index (κ2) is 5.14. The number of aromatic hydroxyl groups is 1. The van der Waals surface area contributed by atoms with Crippen LogP contribution in [0, 0.1) is 11.3 Å². The number of hydrogen-bond donors (Lipinski definition) is 3. The molecule has 1 saturated carbocycles. The Kier molecular flexibility index (Phi) is 3.65. The van der Waals surface area contributed by atoms with Gasteiger partial charge in [0.25, 0.3) is 0 Å². The molecule has 0 aromatic heterocycles. The van der Waals surface area contributed by atoms with Crippen LogP contribution in [0.25, 0.3) is 0 Å². The Morgan fingerprint density at radius 1 is 1.27 bits per heavy atom. The maximum Gasteiger partial charge on any atom is 0.161 e. The van der Waals surface area contributed by atoms with Crippen molar-refractivity contribution in [3.8, 4) is 11.5 Å². The molecule has 4 nitrogen and oxygen atoms in total. The summed E-state index contributed by atoms with van der Waals surface area (Å²) >= 11 is 0. The Morgan fingerprint density at radius 3 is 2.64 bits per heavy atom. The Balaban J connectivity index is 2.17. The number of phenols is 1. The van der Waals surface area contributed by atoms with E-state index >= 15 is 0 Å². The van der Waals surface area contributed by atoms with Gasteiger partial charge in [0.05, 0.1) is 13.2 Å². The molecule has 22 heavy (non-hydrogen) atoms. The summed E-state index contributed by atoms with van der Waals surface area (Å²) in [7, 11) is 1.55. The Hall–Kier alpha value is -1.26. The molecular formula is C18H26O4. The topological polar surface area (TPSA) is 69.9 Å². The average Bonchev–Trinajstić information content (AvgIpc) is 2.52. The SMILES string of the molecule is COc1ccc2c(c1O)CC[C@H]1[C@](C)(CO)CC[C@@H](O)[C@]21C. The van der Waals surface area contributed by atoms with Crippen molar-refractivity contribution in [3.63, 3.8) is 0 Å². The van der Waals surface area contributed by atoms with E-state index in [4.69, 9.17) is 4.74 Å². The van der Waals surface area contributed by atoms with Gasteiger partial charge in [0.2, 0.25) is 0 Å². The molecule has 0 saturated heterocycles. The number of phenolic OH excluding ortho intramolecular Hbond substituents is 1. The molecule has 1 fully saturated rings. The van der Waals surface area contributed by atoms with Gasteiger partial charge in [-0.25, -0.2) is 0 Å². The molecule has 0 heterocycles. The van der Waals surface area contributed by atoms with E-state index in [1.54, 1.807) is 13.2 Å². The highest BCUT2D eigenvalue weighted by atomic mass is 16.5. The Morgan fingerprint density at radius 2 is 2.00 bits per heavy atom. The zero-order valence-corrected chi connectivity index (χ0v) is 13.6. The summed E-state index contributed by atoms with van der Waals surface area (Å²) in [4.78, 5) is 0. The third kappa shape index (κ3) is 1.90. The van der Waals surface area contributed by atoms with E-state index in [9.17, 15) is 15.3 Å². The highest BCUT2D eigenvalue weighted by molar-refractivity contribution is 5.54. The van der Waals surface area contributed by atoms with E-state index in [2.05, 4.69) is 13.8 Å². The number of methoxy groups -OCH3 is 1. The first-order valence-corrected chi connectivity index (χ1v) is 8.06. The van der Waals surface area contributed by atoms with Crippen LogP contribution in [0.1, 0.15) is 44.2 Å². The summed E-state index contributed by atoms with van der Waals surface area (Å²) in [5.74, 6) is 0.883. The van der Waals surface area contributed by atoms with Gasteiger partial charge >= 0.3 is 0 Å². The van der Waals surface area contributed by atoms with Gasteiger partial charge in [0.15, 0.2) is 11.5 Å². The van der Waals surface area contributed by atoms with Crippen molar-refractivity contribution in [1.29, 1.82) is 0 Å². The third-order valence-corrected chi connectivity index (χ3v) is 6.34. The largest absolute Gasteiger partial charge is 0.504 e. The quantitative estimate of drug-likeness (QED) is 0.784. The molecule has 1 aromatic rings. The first-order valence-electron chi connectivity index (χ1n) is 8.06. The van der Waals surface area contributed by atoms with Crippen LogP contribution in [-0.4, -0.2) is 35.1 Å². The lowest BCUT2D eigenvalue weighted by Crippen LogP contribution is -2.57. The van der Waals surface area contributed by atoms with Crippen LogP contribution >= 0.6 is 0 Å². The van der Waals surface area contributed by atoms with Crippen LogP contribution in [0.15, 0.2) is 12.1 Å². The zero-order chi connectivity index (χ0) is 16.1. The lowest BCUT2D eigenvalue weighted by atomic mass is 9.49. The predicted molar refractivity (Wildman–Crippen MR) is 84.3 cm³/mol. The van der Waals surface area contributed by atoms with E-state index in [0.29, 0.717) is 12.2 Å². The van der Waals surface area contributed by atoms with E-state index < -0.39 is 11.5 Å². The molecule has 0 amide bonds. The molecule has 0 radical (unpaired) electrons. The van der Waals surface area contributed by atoms with Gasteiger partial charge in [-0.2, -0.15) is 0 Å². The fraction of sp³-hybridized carbons (Fsp3) is 0.667. The number of benzene rings is 1. The standard InChI is InChI=1S/C18H26O4/c1-17(10-19)9-8-15(20)18(2)12-5-6-13(22-3)16(21)11(12)4-7-14(17)18/h5-6,14-15,19-21H,4,7-10H2,1-3H3/t14-,15+,17-,18+/m0/s1. The maximum atomic E-state index is 10.8. The molecule has 2 aliphatic rings. The summed E-state index contributed by atoms with van der Waals surface area (Å²) in [6.07, 6.45) is 2.67. The van der Waals surface area contributed by atoms with Crippen LogP contribution < -0.4 is 4.74 Å². The maximum absolute atomic E-state index is 10.8. The zero-order valence-electron chi connectivity index (χ0n) is 13.6. The predicted octanol–water partition coefficient (Wildman–Crippen LogP) is 2.37. The smallest absolute Gasteiger partial charge is 0.161 e. The minimum Gasteiger partial charge on any atom is -0.504 e. The van der Waals surface area contributed by atoms with Crippen molar-refractivity contribution < 1.29 is 20.1 Å². The van der Waals surface area contributed by atoms with E-state index in [0.717, 1.165) is 30.4 Å². The van der Waals surface area contributed by atoms with E-state index in [1.807, 2.05) is 6.07 Å². The molecule has 3 N–H and O–H groups in total. The second-order valence-electron chi connectivity index (χ2n) is 7.38. The lowest BCUT2D eigenvalue weighted by molar-refractivity contribution is -0.0864. The molecule has 0 spiro atoms. The number of ether oxygens (including phenoxy) is 1. The van der Waals surface area contributed by atoms with Crippen LogP contribution in [0.3, 0.4) is 0 Å². The van der Waals surface area contributed by atoms with Gasteiger partial charge in [-0.15, -0.1) is 0 Å². The number of fused-ring (bicyclic) bond motifs is 3. The van der Waals surface area contributed by atoms with E-state index in [-0.39, 0.29) is 23.7 Å². The molecule has 2 aliphatic carbocycles. The van der Waals surface area contributed by atoms with Crippen molar-refractivity contribution in [2.45, 2.75) is 51.0 Å². The van der Waals surface area contributed by atoms with Gasteiger partial charge < -0.3 is 20.1 Å². The molecule has 4 atom stereocenters. The molecule has 4 heteroatoms. The molecule has 1 aromatic carbocycles. The lowest BCUT2D eigenvalue weighted by Gasteiger charge is -2.57. The van der Waals surface area contributed by atoms with Crippen LogP contribution in [0.5, 0.6) is 11.5 Å². The molecular weight excluding hydrogens is 280 g/mol. The number of hydrogen-bond acceptors (Lipinski definition) is 4. The monoisotopic (exact) mass is 306 g/mol. The average molecular weight is 306 g/mol. The minimum atomic E-state index is -0.455. The third-order valence-electron chi connectivity index (χ3n) is 6.34. The van der Waals surface area contributed by atoms with Crippen LogP contribution in [-0.2, 0) is 11.8 Å². The van der Waals surface area contributed by atoms with Crippen molar-refractivity contribution in [2.24, 2.45) is 11.3 Å². The van der Waals surface area contributed by atoms with Gasteiger partial charge in [-0.1, -0.05) is 19.9 Å². The fourth-order valence-electron chi connectivity index (χ4n) is 4.93. The van der Waals surface area contributed by atoms with Crippen molar-refractivity contribution in [1.82, 2.24) is 0 Å². The van der Waals surface area contributed by atoms with Gasteiger partial charge in [0.1, 0.15) is 0 Å². The van der Waals surface area contributed by atoms with Crippen LogP contribution in [0.4, 0.5) is 0 Å². The Labute approximate surface area is 131 Å². The summed E-state index contributed by atoms with van der Waals surface area (Å²) in [6, 6.07) is 3.76. The summed E-state index contributed by atoms with van der Waals surface area (Å²) in [5.41, 5.74) is 1.28.